The van der Waals surface area contributed by atoms with Crippen molar-refractivity contribution in [3.63, 3.8) is 0 Å². The van der Waals surface area contributed by atoms with Crippen molar-refractivity contribution in [2.24, 2.45) is 13.0 Å². The second-order valence-corrected chi connectivity index (χ2v) is 7.32. The zero-order valence-electron chi connectivity index (χ0n) is 15.0. The minimum atomic E-state index is -0.0824. The van der Waals surface area contributed by atoms with Gasteiger partial charge in [-0.2, -0.15) is 0 Å². The van der Waals surface area contributed by atoms with E-state index in [1.807, 2.05) is 49.7 Å². The third-order valence-electron chi connectivity index (χ3n) is 4.08. The van der Waals surface area contributed by atoms with Crippen molar-refractivity contribution in [1.29, 1.82) is 0 Å². The number of para-hydroxylation sites is 2. The van der Waals surface area contributed by atoms with Crippen LogP contribution in [0.15, 0.2) is 53.7 Å². The number of aromatic nitrogens is 2. The number of aryl methyl sites for hydroxylation is 1. The highest BCUT2D eigenvalue weighted by molar-refractivity contribution is 7.99. The molecule has 0 aliphatic carbocycles. The lowest BCUT2D eigenvalue weighted by molar-refractivity contribution is -0.118. The smallest absolute Gasteiger partial charge is 0.226 e. The summed E-state index contributed by atoms with van der Waals surface area (Å²) in [7, 11) is 1.95. The summed E-state index contributed by atoms with van der Waals surface area (Å²) in [5.41, 5.74) is 3.30. The summed E-state index contributed by atoms with van der Waals surface area (Å²) in [6.07, 6.45) is 0. The second kappa shape index (κ2) is 7.74. The SMILES string of the molecule is CC(C)C(=O)Nc1ccc(C(=O)CSc2nc3ccccc3n2C)cc1. The second-order valence-electron chi connectivity index (χ2n) is 6.38. The van der Waals surface area contributed by atoms with Crippen LogP contribution in [-0.2, 0) is 11.8 Å². The molecule has 0 fully saturated rings. The van der Waals surface area contributed by atoms with Gasteiger partial charge in [-0.05, 0) is 36.4 Å². The number of anilines is 1. The number of carbonyl (C=O) groups excluding carboxylic acids is 2. The number of thioether (sulfide) groups is 1. The van der Waals surface area contributed by atoms with E-state index in [2.05, 4.69) is 10.3 Å². The maximum atomic E-state index is 12.4. The van der Waals surface area contributed by atoms with E-state index in [1.165, 1.54) is 11.8 Å². The summed E-state index contributed by atoms with van der Waals surface area (Å²) < 4.78 is 2.00. The van der Waals surface area contributed by atoms with Crippen LogP contribution in [0, 0.1) is 5.92 Å². The van der Waals surface area contributed by atoms with Crippen LogP contribution >= 0.6 is 11.8 Å². The number of hydrogen-bond acceptors (Lipinski definition) is 4. The van der Waals surface area contributed by atoms with Crippen molar-refractivity contribution in [1.82, 2.24) is 9.55 Å². The molecule has 2 aromatic carbocycles. The molecule has 0 bridgehead atoms. The van der Waals surface area contributed by atoms with Crippen molar-refractivity contribution in [2.45, 2.75) is 19.0 Å². The van der Waals surface area contributed by atoms with Crippen LogP contribution < -0.4 is 5.32 Å². The standard InChI is InChI=1S/C20H21N3O2S/c1-13(2)19(25)21-15-10-8-14(9-11-15)18(24)12-26-20-22-16-6-4-5-7-17(16)23(20)3/h4-11,13H,12H2,1-3H3,(H,21,25). The molecule has 0 aliphatic rings. The molecule has 3 aromatic rings. The topological polar surface area (TPSA) is 64.0 Å². The minimum Gasteiger partial charge on any atom is -0.326 e. The molecule has 1 amide bonds. The van der Waals surface area contributed by atoms with Crippen molar-refractivity contribution >= 4 is 40.2 Å². The number of ketones is 1. The predicted molar refractivity (Wildman–Crippen MR) is 106 cm³/mol. The van der Waals surface area contributed by atoms with Gasteiger partial charge in [-0.3, -0.25) is 9.59 Å². The van der Waals surface area contributed by atoms with E-state index in [9.17, 15) is 9.59 Å². The van der Waals surface area contributed by atoms with Gasteiger partial charge in [0, 0.05) is 24.2 Å². The van der Waals surface area contributed by atoms with Gasteiger partial charge in [0.15, 0.2) is 10.9 Å². The lowest BCUT2D eigenvalue weighted by Gasteiger charge is -2.08. The number of carbonyl (C=O) groups is 2. The number of benzene rings is 2. The molecular formula is C20H21N3O2S. The number of Topliss-reactive ketones (excluding diaryl/α,β-unsaturated/α-hetero) is 1. The van der Waals surface area contributed by atoms with Gasteiger partial charge in [-0.15, -0.1) is 0 Å². The molecule has 5 nitrogen and oxygen atoms in total. The van der Waals surface area contributed by atoms with Gasteiger partial charge in [-0.25, -0.2) is 4.98 Å². The van der Waals surface area contributed by atoms with Gasteiger partial charge < -0.3 is 9.88 Å². The number of hydrogen-bond donors (Lipinski definition) is 1. The number of fused-ring (bicyclic) bond motifs is 1. The van der Waals surface area contributed by atoms with Gasteiger partial charge in [0.1, 0.15) is 0 Å². The van der Waals surface area contributed by atoms with E-state index < -0.39 is 0 Å². The first-order valence-electron chi connectivity index (χ1n) is 8.44. The van der Waals surface area contributed by atoms with Gasteiger partial charge in [0.05, 0.1) is 16.8 Å². The van der Waals surface area contributed by atoms with Crippen LogP contribution in [-0.4, -0.2) is 27.0 Å². The van der Waals surface area contributed by atoms with E-state index in [1.54, 1.807) is 24.3 Å². The third kappa shape index (κ3) is 3.96. The Kier molecular flexibility index (Phi) is 5.42. The monoisotopic (exact) mass is 367 g/mol. The summed E-state index contributed by atoms with van der Waals surface area (Å²) in [5, 5.41) is 3.64. The van der Waals surface area contributed by atoms with E-state index in [-0.39, 0.29) is 17.6 Å². The van der Waals surface area contributed by atoms with Crippen molar-refractivity contribution < 1.29 is 9.59 Å². The van der Waals surface area contributed by atoms with Crippen LogP contribution in [0.1, 0.15) is 24.2 Å². The maximum absolute atomic E-state index is 12.4. The Morgan fingerprint density at radius 3 is 2.46 bits per heavy atom. The fraction of sp³-hybridized carbons (Fsp3) is 0.250. The summed E-state index contributed by atoms with van der Waals surface area (Å²) in [6.45, 7) is 3.68. The number of imidazole rings is 1. The molecule has 1 aromatic heterocycles. The normalized spacial score (nSPS) is 11.1. The Labute approximate surface area is 156 Å². The molecule has 134 valence electrons. The lowest BCUT2D eigenvalue weighted by Crippen LogP contribution is -2.17. The number of nitrogens with one attached hydrogen (secondary N) is 1. The fourth-order valence-corrected chi connectivity index (χ4v) is 3.37. The average Bonchev–Trinajstić information content (AvgIpc) is 2.96. The fourth-order valence-electron chi connectivity index (χ4n) is 2.49. The molecular weight excluding hydrogens is 346 g/mol. The molecule has 0 saturated carbocycles. The zero-order chi connectivity index (χ0) is 18.7. The lowest BCUT2D eigenvalue weighted by atomic mass is 10.1. The summed E-state index contributed by atoms with van der Waals surface area (Å²) in [4.78, 5) is 28.7. The molecule has 0 unspecified atom stereocenters. The van der Waals surface area contributed by atoms with Crippen LogP contribution in [0.5, 0.6) is 0 Å². The molecule has 0 radical (unpaired) electrons. The van der Waals surface area contributed by atoms with E-state index in [0.717, 1.165) is 16.2 Å². The molecule has 3 rings (SSSR count). The van der Waals surface area contributed by atoms with Gasteiger partial charge in [-0.1, -0.05) is 37.7 Å². The summed E-state index contributed by atoms with van der Waals surface area (Å²) >= 11 is 1.43. The first kappa shape index (κ1) is 18.2. The molecule has 0 saturated heterocycles. The maximum Gasteiger partial charge on any atom is 0.226 e. The van der Waals surface area contributed by atoms with E-state index in [0.29, 0.717) is 17.0 Å². The first-order chi connectivity index (χ1) is 12.5. The molecule has 0 aliphatic heterocycles. The van der Waals surface area contributed by atoms with E-state index in [4.69, 9.17) is 0 Å². The van der Waals surface area contributed by atoms with Crippen LogP contribution in [0.2, 0.25) is 0 Å². The summed E-state index contributed by atoms with van der Waals surface area (Å²) in [6, 6.07) is 14.9. The molecule has 6 heteroatoms. The van der Waals surface area contributed by atoms with Crippen LogP contribution in [0.3, 0.4) is 0 Å². The Morgan fingerprint density at radius 1 is 1.12 bits per heavy atom. The van der Waals surface area contributed by atoms with Crippen molar-refractivity contribution in [3.8, 4) is 0 Å². The predicted octanol–water partition coefficient (Wildman–Crippen LogP) is 4.14. The highest BCUT2D eigenvalue weighted by Crippen LogP contribution is 2.23. The quantitative estimate of drug-likeness (QED) is 0.525. The number of nitrogens with zero attached hydrogens (tertiary/aromatic N) is 2. The first-order valence-corrected chi connectivity index (χ1v) is 9.42. The molecule has 0 spiro atoms. The Balaban J connectivity index is 1.64. The molecule has 1 N–H and O–H groups in total. The number of amides is 1. The molecule has 1 heterocycles. The number of rotatable bonds is 6. The molecule has 0 atom stereocenters. The zero-order valence-corrected chi connectivity index (χ0v) is 15.8. The van der Waals surface area contributed by atoms with E-state index >= 15 is 0 Å². The van der Waals surface area contributed by atoms with Gasteiger partial charge in [0.25, 0.3) is 0 Å². The van der Waals surface area contributed by atoms with Gasteiger partial charge in [0.2, 0.25) is 5.91 Å². The van der Waals surface area contributed by atoms with Crippen molar-refractivity contribution in [3.05, 3.63) is 54.1 Å². The Morgan fingerprint density at radius 2 is 1.81 bits per heavy atom. The minimum absolute atomic E-state index is 0.0313. The van der Waals surface area contributed by atoms with Crippen LogP contribution in [0.25, 0.3) is 11.0 Å². The highest BCUT2D eigenvalue weighted by Gasteiger charge is 2.12. The third-order valence-corrected chi connectivity index (χ3v) is 5.11. The molecule has 26 heavy (non-hydrogen) atoms. The Bertz CT molecular complexity index is 945. The largest absolute Gasteiger partial charge is 0.326 e. The van der Waals surface area contributed by atoms with Gasteiger partial charge >= 0.3 is 0 Å². The highest BCUT2D eigenvalue weighted by atomic mass is 32.2. The van der Waals surface area contributed by atoms with Crippen molar-refractivity contribution in [2.75, 3.05) is 11.1 Å². The summed E-state index contributed by atoms with van der Waals surface area (Å²) in [5.74, 6) is 0.223. The Hall–Kier alpha value is -2.60. The average molecular weight is 367 g/mol. The van der Waals surface area contributed by atoms with Crippen LogP contribution in [0.4, 0.5) is 5.69 Å².